The molecule has 0 fully saturated rings. The van der Waals surface area contributed by atoms with Crippen LogP contribution in [0.4, 0.5) is 0 Å². The van der Waals surface area contributed by atoms with Crippen LogP contribution in [0.2, 0.25) is 0 Å². The summed E-state index contributed by atoms with van der Waals surface area (Å²) in [4.78, 5) is 0. The summed E-state index contributed by atoms with van der Waals surface area (Å²) in [6, 6.07) is 83.1. The summed E-state index contributed by atoms with van der Waals surface area (Å²) in [5, 5.41) is 10.6. The Balaban J connectivity index is 1.08. The fourth-order valence-electron chi connectivity index (χ4n) is 10.0. The van der Waals surface area contributed by atoms with Crippen LogP contribution in [0, 0.1) is 0 Å². The van der Waals surface area contributed by atoms with Gasteiger partial charge in [-0.2, -0.15) is 0 Å². The second kappa shape index (κ2) is 12.8. The molecule has 272 valence electrons. The van der Waals surface area contributed by atoms with E-state index in [0.717, 1.165) is 11.4 Å². The molecule has 0 atom stereocenters. The van der Waals surface area contributed by atoms with Crippen LogP contribution in [0.25, 0.3) is 71.7 Å². The summed E-state index contributed by atoms with van der Waals surface area (Å²) in [5.74, 6) is 0. The van der Waals surface area contributed by atoms with Crippen molar-refractivity contribution in [3.63, 3.8) is 0 Å². The Hall–Kier alpha value is -7.40. The van der Waals surface area contributed by atoms with Crippen molar-refractivity contribution in [3.05, 3.63) is 224 Å². The molecule has 3 nitrogen and oxygen atoms in total. The molecule has 0 aliphatic heterocycles. The number of rotatable bonds is 7. The van der Waals surface area contributed by atoms with E-state index in [2.05, 4.69) is 238 Å². The average molecular weight is 756 g/mol. The van der Waals surface area contributed by atoms with Crippen molar-refractivity contribution in [3.8, 4) is 17.1 Å². The normalized spacial score (nSPS) is 12.1. The van der Waals surface area contributed by atoms with E-state index >= 15 is 0 Å². The summed E-state index contributed by atoms with van der Waals surface area (Å²) in [5.41, 5.74) is 10.8. The number of aromatic nitrogens is 3. The molecule has 0 amide bonds. The molecular weight excluding hydrogens is 719 g/mol. The molecule has 4 heteroatoms. The molecule has 0 saturated heterocycles. The maximum Gasteiger partial charge on any atom is 0.179 e. The molecule has 58 heavy (non-hydrogen) atoms. The van der Waals surface area contributed by atoms with Gasteiger partial charge in [0, 0.05) is 38.6 Å². The Kier molecular flexibility index (Phi) is 7.25. The lowest BCUT2D eigenvalue weighted by atomic mass is 10.1. The molecule has 9 aromatic carbocycles. The molecule has 0 bridgehead atoms. The third kappa shape index (κ3) is 4.61. The third-order valence-corrected chi connectivity index (χ3v) is 17.1. The summed E-state index contributed by atoms with van der Waals surface area (Å²) >= 11 is 0. The number of fused-ring (bicyclic) bond motifs is 3. The van der Waals surface area contributed by atoms with Gasteiger partial charge in [-0.3, -0.25) is 0 Å². The smallest absolute Gasteiger partial charge is 0.179 e. The minimum Gasteiger partial charge on any atom is -0.309 e. The third-order valence-electron chi connectivity index (χ3n) is 12.3. The van der Waals surface area contributed by atoms with E-state index in [-0.39, 0.29) is 0 Å². The highest BCUT2D eigenvalue weighted by Crippen LogP contribution is 2.43. The molecular formula is C54H37N3Si. The Morgan fingerprint density at radius 3 is 1.19 bits per heavy atom. The van der Waals surface area contributed by atoms with Crippen molar-refractivity contribution in [2.45, 2.75) is 0 Å². The van der Waals surface area contributed by atoms with E-state index in [0.29, 0.717) is 0 Å². The van der Waals surface area contributed by atoms with Gasteiger partial charge in [0.05, 0.1) is 33.1 Å². The van der Waals surface area contributed by atoms with E-state index in [4.69, 9.17) is 0 Å². The first-order valence-electron chi connectivity index (χ1n) is 20.0. The Morgan fingerprint density at radius 1 is 0.241 bits per heavy atom. The number of para-hydroxylation sites is 2. The van der Waals surface area contributed by atoms with E-state index in [1.54, 1.807) is 0 Å². The van der Waals surface area contributed by atoms with Gasteiger partial charge in [0.25, 0.3) is 0 Å². The minimum absolute atomic E-state index is 1.16. The lowest BCUT2D eigenvalue weighted by Crippen LogP contribution is -2.74. The Bertz CT molecular complexity index is 3270. The first-order chi connectivity index (χ1) is 28.8. The van der Waals surface area contributed by atoms with Crippen LogP contribution in [0.15, 0.2) is 224 Å². The molecule has 0 N–H and O–H groups in total. The van der Waals surface area contributed by atoms with Crippen LogP contribution in [-0.4, -0.2) is 21.8 Å². The van der Waals surface area contributed by atoms with Crippen LogP contribution >= 0.6 is 0 Å². The SMILES string of the molecule is c1ccc(-n2c3cccc4c3c3c2cccc3n4-c2ccc3c(c2)c2ccccc2n3-c2cccc([Si](c3ccccc3)(c3ccccc3)c3ccccc3)c2)cc1. The lowest BCUT2D eigenvalue weighted by molar-refractivity contribution is 1.15. The highest BCUT2D eigenvalue weighted by atomic mass is 28.3. The predicted molar refractivity (Wildman–Crippen MR) is 247 cm³/mol. The fourth-order valence-corrected chi connectivity index (χ4v) is 14.8. The van der Waals surface area contributed by atoms with Gasteiger partial charge in [-0.15, -0.1) is 0 Å². The van der Waals surface area contributed by atoms with Crippen LogP contribution in [-0.2, 0) is 0 Å². The number of benzene rings is 9. The lowest BCUT2D eigenvalue weighted by Gasteiger charge is -2.34. The van der Waals surface area contributed by atoms with Crippen LogP contribution in [0.1, 0.15) is 0 Å². The van der Waals surface area contributed by atoms with Gasteiger partial charge in [-0.05, 0) is 93.5 Å². The van der Waals surface area contributed by atoms with E-state index in [9.17, 15) is 0 Å². The first-order valence-corrected chi connectivity index (χ1v) is 22.0. The monoisotopic (exact) mass is 755 g/mol. The highest BCUT2D eigenvalue weighted by molar-refractivity contribution is 7.19. The van der Waals surface area contributed by atoms with Gasteiger partial charge in [-0.1, -0.05) is 152 Å². The first kappa shape index (κ1) is 32.8. The van der Waals surface area contributed by atoms with Crippen molar-refractivity contribution in [2.75, 3.05) is 0 Å². The summed E-state index contributed by atoms with van der Waals surface area (Å²) in [6.07, 6.45) is 0. The molecule has 12 rings (SSSR count). The van der Waals surface area contributed by atoms with Gasteiger partial charge in [-0.25, -0.2) is 0 Å². The Morgan fingerprint density at radius 2 is 0.621 bits per heavy atom. The highest BCUT2D eigenvalue weighted by Gasteiger charge is 2.41. The summed E-state index contributed by atoms with van der Waals surface area (Å²) < 4.78 is 7.34. The van der Waals surface area contributed by atoms with Crippen molar-refractivity contribution < 1.29 is 0 Å². The molecule has 3 heterocycles. The number of hydrogen-bond donors (Lipinski definition) is 0. The molecule has 0 spiro atoms. The molecule has 0 aliphatic rings. The zero-order valence-electron chi connectivity index (χ0n) is 31.7. The van der Waals surface area contributed by atoms with E-state index in [1.165, 1.54) is 81.1 Å². The minimum atomic E-state index is -2.72. The van der Waals surface area contributed by atoms with Gasteiger partial charge >= 0.3 is 0 Å². The van der Waals surface area contributed by atoms with Crippen molar-refractivity contribution >= 4 is 83.5 Å². The molecule has 0 radical (unpaired) electrons. The quantitative estimate of drug-likeness (QED) is 0.114. The van der Waals surface area contributed by atoms with E-state index in [1.807, 2.05) is 0 Å². The summed E-state index contributed by atoms with van der Waals surface area (Å²) in [6.45, 7) is 0. The molecule has 0 saturated carbocycles. The van der Waals surface area contributed by atoms with Crippen molar-refractivity contribution in [1.29, 1.82) is 0 Å². The van der Waals surface area contributed by atoms with Crippen molar-refractivity contribution in [2.24, 2.45) is 0 Å². The summed E-state index contributed by atoms with van der Waals surface area (Å²) in [7, 11) is -2.72. The predicted octanol–water partition coefficient (Wildman–Crippen LogP) is 10.6. The maximum atomic E-state index is 2.47. The van der Waals surface area contributed by atoms with Gasteiger partial charge in [0.2, 0.25) is 0 Å². The topological polar surface area (TPSA) is 14.8 Å². The zero-order valence-corrected chi connectivity index (χ0v) is 32.7. The average Bonchev–Trinajstić information content (AvgIpc) is 3.95. The van der Waals surface area contributed by atoms with Gasteiger partial charge in [0.1, 0.15) is 0 Å². The molecule has 3 aromatic heterocycles. The standard InChI is InChI=1S/C54H37N3Si/c1-5-18-38(19-6-1)55-49-30-16-32-51-53(49)54-50(55)31-17-33-52(54)57(51)40-34-35-48-46(37-40)45-28-13-14-29-47(45)56(48)39-20-15-27-44(36-39)58(41-21-7-2-8-22-41,42-23-9-3-10-24-42)43-25-11-4-12-26-43/h1-37H. The second-order valence-corrected chi connectivity index (χ2v) is 19.1. The molecule has 0 unspecified atom stereocenters. The van der Waals surface area contributed by atoms with Crippen LogP contribution in [0.3, 0.4) is 0 Å². The molecule has 0 aliphatic carbocycles. The molecule has 12 aromatic rings. The van der Waals surface area contributed by atoms with Gasteiger partial charge in [0.15, 0.2) is 8.07 Å². The van der Waals surface area contributed by atoms with Crippen LogP contribution < -0.4 is 20.7 Å². The largest absolute Gasteiger partial charge is 0.309 e. The van der Waals surface area contributed by atoms with E-state index < -0.39 is 8.07 Å². The van der Waals surface area contributed by atoms with Crippen molar-refractivity contribution in [1.82, 2.24) is 13.7 Å². The number of nitrogens with zero attached hydrogens (tertiary/aromatic N) is 3. The van der Waals surface area contributed by atoms with Crippen LogP contribution in [0.5, 0.6) is 0 Å². The fraction of sp³-hybridized carbons (Fsp3) is 0. The Labute approximate surface area is 337 Å². The zero-order chi connectivity index (χ0) is 38.2. The maximum absolute atomic E-state index is 2.72. The number of hydrogen-bond acceptors (Lipinski definition) is 0. The van der Waals surface area contributed by atoms with Gasteiger partial charge < -0.3 is 13.7 Å². The second-order valence-electron chi connectivity index (χ2n) is 15.3.